The van der Waals surface area contributed by atoms with Crippen LogP contribution < -0.4 is 10.2 Å². The van der Waals surface area contributed by atoms with Gasteiger partial charge in [-0.3, -0.25) is 4.98 Å². The first-order valence-electron chi connectivity index (χ1n) is 7.36. The molecule has 0 saturated carbocycles. The summed E-state index contributed by atoms with van der Waals surface area (Å²) >= 11 is 0. The summed E-state index contributed by atoms with van der Waals surface area (Å²) in [6.45, 7) is 10.4. The summed E-state index contributed by atoms with van der Waals surface area (Å²) in [5.74, 6) is 0. The van der Waals surface area contributed by atoms with Crippen molar-refractivity contribution < 1.29 is 4.74 Å². The molecule has 0 amide bonds. The zero-order chi connectivity index (χ0) is 14.2. The molecule has 1 aromatic rings. The van der Waals surface area contributed by atoms with Crippen molar-refractivity contribution in [3.05, 3.63) is 36.7 Å². The first-order valence-corrected chi connectivity index (χ1v) is 7.36. The highest BCUT2D eigenvalue weighted by molar-refractivity contribution is 5.44. The molecule has 0 aliphatic carbocycles. The van der Waals surface area contributed by atoms with Crippen LogP contribution in [0.5, 0.6) is 0 Å². The number of anilines is 1. The summed E-state index contributed by atoms with van der Waals surface area (Å²) in [4.78, 5) is 6.49. The lowest BCUT2D eigenvalue weighted by molar-refractivity contribution is 0.154. The maximum Gasteiger partial charge on any atom is 0.0672 e. The molecule has 1 saturated heterocycles. The van der Waals surface area contributed by atoms with E-state index in [2.05, 4.69) is 33.9 Å². The molecule has 110 valence electrons. The van der Waals surface area contributed by atoms with Gasteiger partial charge in [0.25, 0.3) is 0 Å². The van der Waals surface area contributed by atoms with Crippen LogP contribution in [0.15, 0.2) is 36.7 Å². The normalized spacial score (nSPS) is 16.4. The fourth-order valence-corrected chi connectivity index (χ4v) is 2.48. The Bertz CT molecular complexity index is 399. The average molecular weight is 275 g/mol. The Labute approximate surface area is 121 Å². The number of hydrogen-bond acceptors (Lipinski definition) is 4. The number of nitrogens with zero attached hydrogens (tertiary/aromatic N) is 2. The van der Waals surface area contributed by atoms with Crippen molar-refractivity contribution in [2.45, 2.75) is 25.8 Å². The smallest absolute Gasteiger partial charge is 0.0672 e. The molecule has 4 heteroatoms. The van der Waals surface area contributed by atoms with Gasteiger partial charge in [-0.25, -0.2) is 0 Å². The van der Waals surface area contributed by atoms with Gasteiger partial charge < -0.3 is 15.0 Å². The van der Waals surface area contributed by atoms with E-state index < -0.39 is 0 Å². The van der Waals surface area contributed by atoms with E-state index in [1.54, 1.807) is 0 Å². The maximum absolute atomic E-state index is 5.50. The van der Waals surface area contributed by atoms with Crippen LogP contribution in [0.3, 0.4) is 0 Å². The number of pyridine rings is 1. The van der Waals surface area contributed by atoms with Crippen molar-refractivity contribution in [2.75, 3.05) is 37.7 Å². The number of ether oxygens (including phenoxy) is 1. The highest BCUT2D eigenvalue weighted by Crippen LogP contribution is 2.18. The Morgan fingerprint density at radius 1 is 1.40 bits per heavy atom. The van der Waals surface area contributed by atoms with Crippen LogP contribution in [0, 0.1) is 0 Å². The van der Waals surface area contributed by atoms with Gasteiger partial charge in [-0.15, -0.1) is 0 Å². The predicted molar refractivity (Wildman–Crippen MR) is 83.1 cm³/mol. The first-order chi connectivity index (χ1) is 9.75. The summed E-state index contributed by atoms with van der Waals surface area (Å²) in [6, 6.07) is 4.78. The molecule has 20 heavy (non-hydrogen) atoms. The van der Waals surface area contributed by atoms with E-state index in [-0.39, 0.29) is 0 Å². The zero-order valence-corrected chi connectivity index (χ0v) is 12.3. The largest absolute Gasteiger partial charge is 0.376 e. The van der Waals surface area contributed by atoms with Crippen LogP contribution in [0.2, 0.25) is 0 Å². The predicted octanol–water partition coefficient (Wildman–Crippen LogP) is 2.23. The number of hydrogen-bond donors (Lipinski definition) is 1. The van der Waals surface area contributed by atoms with E-state index >= 15 is 0 Å². The number of nitrogens with one attached hydrogen (secondary N) is 1. The molecule has 0 bridgehead atoms. The van der Waals surface area contributed by atoms with Crippen LogP contribution >= 0.6 is 0 Å². The van der Waals surface area contributed by atoms with E-state index in [1.165, 1.54) is 18.5 Å². The Morgan fingerprint density at radius 3 is 2.75 bits per heavy atom. The highest BCUT2D eigenvalue weighted by atomic mass is 16.5. The second-order valence-electron chi connectivity index (χ2n) is 5.43. The van der Waals surface area contributed by atoms with Gasteiger partial charge in [0.1, 0.15) is 0 Å². The van der Waals surface area contributed by atoms with Gasteiger partial charge in [0, 0.05) is 43.8 Å². The molecule has 2 rings (SSSR count). The molecular weight excluding hydrogens is 250 g/mol. The summed E-state index contributed by atoms with van der Waals surface area (Å²) in [5.41, 5.74) is 2.36. The van der Waals surface area contributed by atoms with Gasteiger partial charge in [0.15, 0.2) is 0 Å². The molecule has 0 unspecified atom stereocenters. The topological polar surface area (TPSA) is 37.4 Å². The van der Waals surface area contributed by atoms with Crippen molar-refractivity contribution in [2.24, 2.45) is 0 Å². The number of piperidine rings is 1. The molecule has 1 aromatic heterocycles. The van der Waals surface area contributed by atoms with Crippen molar-refractivity contribution in [1.29, 1.82) is 0 Å². The van der Waals surface area contributed by atoms with Crippen LogP contribution in [0.4, 0.5) is 5.69 Å². The number of rotatable bonds is 7. The molecule has 1 aliphatic rings. The summed E-state index contributed by atoms with van der Waals surface area (Å²) in [6.07, 6.45) is 6.09. The van der Waals surface area contributed by atoms with Gasteiger partial charge in [0.2, 0.25) is 0 Å². The molecule has 0 spiro atoms. The van der Waals surface area contributed by atoms with Gasteiger partial charge in [0.05, 0.1) is 13.2 Å². The Hall–Kier alpha value is -1.39. The number of aromatic nitrogens is 1. The van der Waals surface area contributed by atoms with Crippen molar-refractivity contribution in [1.82, 2.24) is 10.3 Å². The second-order valence-corrected chi connectivity index (χ2v) is 5.43. The minimum atomic E-state index is 0.613. The third kappa shape index (κ3) is 4.94. The zero-order valence-electron chi connectivity index (χ0n) is 12.3. The van der Waals surface area contributed by atoms with Crippen LogP contribution in [0.1, 0.15) is 19.8 Å². The van der Waals surface area contributed by atoms with E-state index in [4.69, 9.17) is 4.74 Å². The van der Waals surface area contributed by atoms with Gasteiger partial charge >= 0.3 is 0 Å². The molecule has 0 atom stereocenters. The maximum atomic E-state index is 5.50. The summed E-state index contributed by atoms with van der Waals surface area (Å²) in [5, 5.41) is 3.57. The molecule has 1 aliphatic heterocycles. The highest BCUT2D eigenvalue weighted by Gasteiger charge is 2.18. The Morgan fingerprint density at radius 2 is 2.10 bits per heavy atom. The summed E-state index contributed by atoms with van der Waals surface area (Å²) < 4.78 is 5.50. The lowest BCUT2D eigenvalue weighted by Crippen LogP contribution is -2.43. The van der Waals surface area contributed by atoms with E-state index in [1.807, 2.05) is 19.3 Å². The van der Waals surface area contributed by atoms with Gasteiger partial charge in [-0.2, -0.15) is 0 Å². The fourth-order valence-electron chi connectivity index (χ4n) is 2.48. The fraction of sp³-hybridized carbons (Fsp3) is 0.562. The quantitative estimate of drug-likeness (QED) is 0.612. The Balaban J connectivity index is 1.61. The van der Waals surface area contributed by atoms with Crippen molar-refractivity contribution in [3.8, 4) is 0 Å². The second kappa shape index (κ2) is 8.02. The third-order valence-electron chi connectivity index (χ3n) is 3.55. The molecular formula is C16H25N3O. The van der Waals surface area contributed by atoms with Gasteiger partial charge in [-0.05, 0) is 31.9 Å². The molecule has 0 aromatic carbocycles. The average Bonchev–Trinajstić information content (AvgIpc) is 2.48. The minimum Gasteiger partial charge on any atom is -0.376 e. The van der Waals surface area contributed by atoms with Gasteiger partial charge in [-0.1, -0.05) is 12.2 Å². The summed E-state index contributed by atoms with van der Waals surface area (Å²) in [7, 11) is 0. The third-order valence-corrected chi connectivity index (χ3v) is 3.55. The molecule has 2 heterocycles. The van der Waals surface area contributed by atoms with Crippen LogP contribution in [-0.4, -0.2) is 43.9 Å². The SMILES string of the molecule is C=C(C)COCCNC1CCN(c2ccncc2)CC1. The van der Waals surface area contributed by atoms with Crippen LogP contribution in [0.25, 0.3) is 0 Å². The molecule has 4 nitrogen and oxygen atoms in total. The first kappa shape index (κ1) is 15.0. The molecule has 1 fully saturated rings. The van der Waals surface area contributed by atoms with E-state index in [0.29, 0.717) is 12.6 Å². The molecule has 0 radical (unpaired) electrons. The molecule has 1 N–H and O–H groups in total. The monoisotopic (exact) mass is 275 g/mol. The van der Waals surface area contributed by atoms with E-state index in [0.717, 1.165) is 31.8 Å². The minimum absolute atomic E-state index is 0.613. The Kier molecular flexibility index (Phi) is 6.02. The van der Waals surface area contributed by atoms with Crippen molar-refractivity contribution >= 4 is 5.69 Å². The standard InChI is InChI=1S/C16H25N3O/c1-14(2)13-20-12-9-18-15-5-10-19(11-6-15)16-3-7-17-8-4-16/h3-4,7-8,15,18H,1,5-6,9-13H2,2H3. The lowest BCUT2D eigenvalue weighted by Gasteiger charge is -2.34. The van der Waals surface area contributed by atoms with E-state index in [9.17, 15) is 0 Å². The van der Waals surface area contributed by atoms with Crippen molar-refractivity contribution in [3.63, 3.8) is 0 Å². The van der Waals surface area contributed by atoms with Crippen LogP contribution in [-0.2, 0) is 4.74 Å². The lowest BCUT2D eigenvalue weighted by atomic mass is 10.0.